The summed E-state index contributed by atoms with van der Waals surface area (Å²) in [5, 5.41) is 0. The molecule has 0 unspecified atom stereocenters. The van der Waals surface area contributed by atoms with Crippen molar-refractivity contribution in [3.05, 3.63) is 71.3 Å². The fourth-order valence-electron chi connectivity index (χ4n) is 3.00. The Morgan fingerprint density at radius 1 is 1.00 bits per heavy atom. The molecule has 2 aromatic rings. The van der Waals surface area contributed by atoms with E-state index in [4.69, 9.17) is 0 Å². The molecule has 96 valence electrons. The fraction of sp³-hybridized carbons (Fsp3) is 0.278. The van der Waals surface area contributed by atoms with Crippen LogP contribution in [0.5, 0.6) is 0 Å². The molecule has 0 aliphatic heterocycles. The second kappa shape index (κ2) is 4.65. The van der Waals surface area contributed by atoms with Gasteiger partial charge in [-0.3, -0.25) is 4.79 Å². The number of ketones is 1. The highest BCUT2D eigenvalue weighted by atomic mass is 16.1. The Balaban J connectivity index is 2.01. The standard InChI is InChI=1S/C18H18O/c1-14-7-5-8-15(13-14)17(19)18(11-6-12-18)16-9-3-2-4-10-16/h2-5,7-10,13H,6,11-12H2,1H3. The van der Waals surface area contributed by atoms with Crippen LogP contribution >= 0.6 is 0 Å². The molecule has 1 nitrogen and oxygen atoms in total. The molecule has 0 aromatic heterocycles. The Morgan fingerprint density at radius 2 is 1.74 bits per heavy atom. The number of Topliss-reactive ketones (excluding diaryl/α,β-unsaturated/α-hetero) is 1. The van der Waals surface area contributed by atoms with Crippen LogP contribution in [0.15, 0.2) is 54.6 Å². The molecular formula is C18H18O. The van der Waals surface area contributed by atoms with E-state index in [1.165, 1.54) is 5.56 Å². The van der Waals surface area contributed by atoms with Crippen LogP contribution in [-0.4, -0.2) is 5.78 Å². The quantitative estimate of drug-likeness (QED) is 0.742. The van der Waals surface area contributed by atoms with Gasteiger partial charge >= 0.3 is 0 Å². The average molecular weight is 250 g/mol. The zero-order valence-corrected chi connectivity index (χ0v) is 11.2. The van der Waals surface area contributed by atoms with Crippen molar-refractivity contribution in [1.29, 1.82) is 0 Å². The summed E-state index contributed by atoms with van der Waals surface area (Å²) in [6.07, 6.45) is 3.10. The van der Waals surface area contributed by atoms with Crippen LogP contribution < -0.4 is 0 Å². The number of carbonyl (C=O) groups is 1. The van der Waals surface area contributed by atoms with E-state index in [0.717, 1.165) is 30.4 Å². The smallest absolute Gasteiger partial charge is 0.173 e. The molecule has 0 spiro atoms. The van der Waals surface area contributed by atoms with Gasteiger partial charge in [0.15, 0.2) is 5.78 Å². The summed E-state index contributed by atoms with van der Waals surface area (Å²) in [4.78, 5) is 12.9. The maximum absolute atomic E-state index is 12.9. The van der Waals surface area contributed by atoms with E-state index in [2.05, 4.69) is 12.1 Å². The number of benzene rings is 2. The normalized spacial score (nSPS) is 16.7. The van der Waals surface area contributed by atoms with E-state index in [9.17, 15) is 4.79 Å². The Morgan fingerprint density at radius 3 is 2.32 bits per heavy atom. The van der Waals surface area contributed by atoms with Crippen molar-refractivity contribution in [1.82, 2.24) is 0 Å². The van der Waals surface area contributed by atoms with Crippen molar-refractivity contribution in [2.24, 2.45) is 0 Å². The van der Waals surface area contributed by atoms with E-state index in [1.807, 2.05) is 49.4 Å². The monoisotopic (exact) mass is 250 g/mol. The molecule has 0 heterocycles. The summed E-state index contributed by atoms with van der Waals surface area (Å²) in [6.45, 7) is 2.03. The maximum atomic E-state index is 12.9. The molecule has 1 aliphatic rings. The van der Waals surface area contributed by atoms with E-state index >= 15 is 0 Å². The Labute approximate surface area is 114 Å². The number of hydrogen-bond donors (Lipinski definition) is 0. The van der Waals surface area contributed by atoms with Crippen LogP contribution in [0.1, 0.15) is 40.7 Å². The van der Waals surface area contributed by atoms with Crippen LogP contribution in [0.4, 0.5) is 0 Å². The summed E-state index contributed by atoms with van der Waals surface area (Å²) in [5.74, 6) is 0.286. The predicted molar refractivity (Wildman–Crippen MR) is 77.5 cm³/mol. The highest BCUT2D eigenvalue weighted by molar-refractivity contribution is 6.04. The number of rotatable bonds is 3. The van der Waals surface area contributed by atoms with Gasteiger partial charge in [-0.1, -0.05) is 60.5 Å². The fourth-order valence-corrected chi connectivity index (χ4v) is 3.00. The van der Waals surface area contributed by atoms with Gasteiger partial charge in [0.05, 0.1) is 5.41 Å². The second-order valence-electron chi connectivity index (χ2n) is 5.50. The molecular weight excluding hydrogens is 232 g/mol. The van der Waals surface area contributed by atoms with Gasteiger partial charge in [0.1, 0.15) is 0 Å². The number of aryl methyl sites for hydroxylation is 1. The van der Waals surface area contributed by atoms with Gasteiger partial charge < -0.3 is 0 Å². The van der Waals surface area contributed by atoms with Gasteiger partial charge in [0.25, 0.3) is 0 Å². The summed E-state index contributed by atoms with van der Waals surface area (Å²) < 4.78 is 0. The van der Waals surface area contributed by atoms with Crippen LogP contribution in [0.2, 0.25) is 0 Å². The van der Waals surface area contributed by atoms with Crippen LogP contribution in [0, 0.1) is 6.92 Å². The van der Waals surface area contributed by atoms with Crippen LogP contribution in [-0.2, 0) is 5.41 Å². The van der Waals surface area contributed by atoms with Gasteiger partial charge in [-0.15, -0.1) is 0 Å². The molecule has 0 atom stereocenters. The first-order valence-corrected chi connectivity index (χ1v) is 6.89. The molecule has 0 amide bonds. The van der Waals surface area contributed by atoms with Crippen molar-refractivity contribution >= 4 is 5.78 Å². The lowest BCUT2D eigenvalue weighted by Crippen LogP contribution is -2.42. The van der Waals surface area contributed by atoms with Crippen LogP contribution in [0.3, 0.4) is 0 Å². The minimum atomic E-state index is -0.269. The lowest BCUT2D eigenvalue weighted by Gasteiger charge is -2.41. The van der Waals surface area contributed by atoms with E-state index in [0.29, 0.717) is 0 Å². The first-order valence-electron chi connectivity index (χ1n) is 6.89. The summed E-state index contributed by atoms with van der Waals surface area (Å²) in [6, 6.07) is 18.2. The van der Waals surface area contributed by atoms with Gasteiger partial charge in [-0.25, -0.2) is 0 Å². The minimum Gasteiger partial charge on any atom is -0.293 e. The van der Waals surface area contributed by atoms with Crippen molar-refractivity contribution in [3.8, 4) is 0 Å². The van der Waals surface area contributed by atoms with Gasteiger partial charge in [0, 0.05) is 5.56 Å². The zero-order chi connectivity index (χ0) is 13.3. The highest BCUT2D eigenvalue weighted by Gasteiger charge is 2.45. The Hall–Kier alpha value is -1.89. The summed E-state index contributed by atoms with van der Waals surface area (Å²) in [5.41, 5.74) is 2.90. The topological polar surface area (TPSA) is 17.1 Å². The molecule has 1 aliphatic carbocycles. The Kier molecular flexibility index (Phi) is 2.98. The Bertz CT molecular complexity index is 594. The summed E-state index contributed by atoms with van der Waals surface area (Å²) in [7, 11) is 0. The molecule has 0 N–H and O–H groups in total. The average Bonchev–Trinajstić information content (AvgIpc) is 2.38. The molecule has 1 fully saturated rings. The molecule has 1 saturated carbocycles. The van der Waals surface area contributed by atoms with Gasteiger partial charge in [-0.2, -0.15) is 0 Å². The van der Waals surface area contributed by atoms with E-state index in [-0.39, 0.29) is 11.2 Å². The maximum Gasteiger partial charge on any atom is 0.173 e. The third-order valence-electron chi connectivity index (χ3n) is 4.25. The van der Waals surface area contributed by atoms with Crippen molar-refractivity contribution < 1.29 is 4.79 Å². The molecule has 19 heavy (non-hydrogen) atoms. The molecule has 0 saturated heterocycles. The third-order valence-corrected chi connectivity index (χ3v) is 4.25. The molecule has 0 bridgehead atoms. The largest absolute Gasteiger partial charge is 0.293 e. The number of hydrogen-bond acceptors (Lipinski definition) is 1. The lowest BCUT2D eigenvalue weighted by atomic mass is 9.60. The summed E-state index contributed by atoms with van der Waals surface area (Å²) >= 11 is 0. The third kappa shape index (κ3) is 1.99. The van der Waals surface area contributed by atoms with Gasteiger partial charge in [0.2, 0.25) is 0 Å². The van der Waals surface area contributed by atoms with Crippen molar-refractivity contribution in [2.45, 2.75) is 31.6 Å². The zero-order valence-electron chi connectivity index (χ0n) is 11.2. The van der Waals surface area contributed by atoms with E-state index in [1.54, 1.807) is 0 Å². The van der Waals surface area contributed by atoms with Gasteiger partial charge in [-0.05, 0) is 31.4 Å². The molecule has 3 rings (SSSR count). The predicted octanol–water partition coefficient (Wildman–Crippen LogP) is 4.30. The molecule has 1 heteroatoms. The number of carbonyl (C=O) groups excluding carboxylic acids is 1. The molecule has 0 radical (unpaired) electrons. The molecule has 2 aromatic carbocycles. The van der Waals surface area contributed by atoms with Crippen molar-refractivity contribution in [2.75, 3.05) is 0 Å². The van der Waals surface area contributed by atoms with E-state index < -0.39 is 0 Å². The lowest BCUT2D eigenvalue weighted by molar-refractivity contribution is 0.0789. The highest BCUT2D eigenvalue weighted by Crippen LogP contribution is 2.46. The minimum absolute atomic E-state index is 0.269. The van der Waals surface area contributed by atoms with Crippen LogP contribution in [0.25, 0.3) is 0 Å². The first kappa shape index (κ1) is 12.2. The SMILES string of the molecule is Cc1cccc(C(=O)C2(c3ccccc3)CCC2)c1. The first-order chi connectivity index (χ1) is 9.22. The second-order valence-corrected chi connectivity index (χ2v) is 5.50. The van der Waals surface area contributed by atoms with Crippen molar-refractivity contribution in [3.63, 3.8) is 0 Å².